The van der Waals surface area contributed by atoms with Gasteiger partial charge in [-0.15, -0.1) is 12.4 Å². The molecule has 0 radical (unpaired) electrons. The lowest BCUT2D eigenvalue weighted by Crippen LogP contribution is -2.35. The Morgan fingerprint density at radius 3 is 2.40 bits per heavy atom. The van der Waals surface area contributed by atoms with Crippen LogP contribution in [0.4, 0.5) is 16.2 Å². The van der Waals surface area contributed by atoms with E-state index in [4.69, 9.17) is 4.74 Å². The molecular formula is C17H27ClN4O3. The monoisotopic (exact) mass is 370 g/mol. The number of hydrogen-bond acceptors (Lipinski definition) is 4. The Morgan fingerprint density at radius 1 is 1.20 bits per heavy atom. The van der Waals surface area contributed by atoms with Gasteiger partial charge in [0.2, 0.25) is 5.91 Å². The number of carbonyl (C=O) groups is 2. The molecule has 3 amide bonds. The number of rotatable bonds is 7. The third-order valence-corrected chi connectivity index (χ3v) is 3.88. The number of halogens is 1. The topological polar surface area (TPSA) is 91.5 Å². The first-order valence-corrected chi connectivity index (χ1v) is 8.30. The molecule has 0 aliphatic carbocycles. The van der Waals surface area contributed by atoms with Gasteiger partial charge < -0.3 is 26.0 Å². The Bertz CT molecular complexity index is 547. The van der Waals surface area contributed by atoms with E-state index >= 15 is 0 Å². The van der Waals surface area contributed by atoms with Gasteiger partial charge >= 0.3 is 6.03 Å². The molecule has 7 nitrogen and oxygen atoms in total. The predicted molar refractivity (Wildman–Crippen MR) is 101 cm³/mol. The minimum Gasteiger partial charge on any atom is -0.376 e. The minimum atomic E-state index is -0.259. The molecule has 1 aliphatic heterocycles. The highest BCUT2D eigenvalue weighted by Gasteiger charge is 2.16. The van der Waals surface area contributed by atoms with Crippen LogP contribution < -0.4 is 21.3 Å². The second-order valence-corrected chi connectivity index (χ2v) is 6.00. The lowest BCUT2D eigenvalue weighted by molar-refractivity contribution is -0.119. The molecule has 2 rings (SSSR count). The van der Waals surface area contributed by atoms with Crippen LogP contribution in [0.5, 0.6) is 0 Å². The van der Waals surface area contributed by atoms with Crippen molar-refractivity contribution in [1.82, 2.24) is 10.6 Å². The van der Waals surface area contributed by atoms with E-state index in [2.05, 4.69) is 21.3 Å². The lowest BCUT2D eigenvalue weighted by Gasteiger charge is -2.13. The molecule has 140 valence electrons. The molecule has 1 heterocycles. The lowest BCUT2D eigenvalue weighted by atomic mass is 10.1. The quantitative estimate of drug-likeness (QED) is 0.592. The van der Waals surface area contributed by atoms with Crippen LogP contribution in [0, 0.1) is 5.92 Å². The maximum atomic E-state index is 11.9. The van der Waals surface area contributed by atoms with E-state index in [1.165, 1.54) is 0 Å². The first kappa shape index (κ1) is 21.2. The summed E-state index contributed by atoms with van der Waals surface area (Å²) in [6.45, 7) is 3.77. The van der Waals surface area contributed by atoms with Gasteiger partial charge in [-0.2, -0.15) is 0 Å². The summed E-state index contributed by atoms with van der Waals surface area (Å²) in [5.41, 5.74) is 1.37. The van der Waals surface area contributed by atoms with Gasteiger partial charge in [0.15, 0.2) is 0 Å². The Balaban J connectivity index is 0.00000312. The summed E-state index contributed by atoms with van der Waals surface area (Å²) in [7, 11) is 1.81. The van der Waals surface area contributed by atoms with Crippen LogP contribution in [-0.2, 0) is 9.53 Å². The van der Waals surface area contributed by atoms with Crippen molar-refractivity contribution in [3.05, 3.63) is 24.3 Å². The number of nitrogens with one attached hydrogen (secondary N) is 4. The second-order valence-electron chi connectivity index (χ2n) is 6.00. The van der Waals surface area contributed by atoms with Crippen LogP contribution in [0.25, 0.3) is 0 Å². The Labute approximate surface area is 154 Å². The van der Waals surface area contributed by atoms with Crippen LogP contribution in [0.1, 0.15) is 19.8 Å². The van der Waals surface area contributed by atoms with Crippen molar-refractivity contribution >= 4 is 35.7 Å². The Hall–Kier alpha value is -1.83. The summed E-state index contributed by atoms with van der Waals surface area (Å²) < 4.78 is 5.46. The maximum absolute atomic E-state index is 11.9. The van der Waals surface area contributed by atoms with Crippen LogP contribution in [0.2, 0.25) is 0 Å². The largest absolute Gasteiger partial charge is 0.376 e. The highest BCUT2D eigenvalue weighted by Crippen LogP contribution is 2.15. The van der Waals surface area contributed by atoms with E-state index in [-0.39, 0.29) is 36.4 Å². The molecule has 0 spiro atoms. The van der Waals surface area contributed by atoms with Gasteiger partial charge in [0.1, 0.15) is 0 Å². The number of anilines is 2. The van der Waals surface area contributed by atoms with Crippen LogP contribution >= 0.6 is 12.4 Å². The maximum Gasteiger partial charge on any atom is 0.319 e. The van der Waals surface area contributed by atoms with E-state index in [0.717, 1.165) is 19.4 Å². The van der Waals surface area contributed by atoms with Gasteiger partial charge in [0.05, 0.1) is 6.10 Å². The van der Waals surface area contributed by atoms with Crippen LogP contribution in [0.3, 0.4) is 0 Å². The molecule has 1 aromatic carbocycles. The molecule has 0 saturated carbocycles. The standard InChI is InChI=1S/C17H26N4O3.ClH/c1-12(10-18-2)16(22)20-13-5-7-14(8-6-13)21-17(23)19-11-15-4-3-9-24-15;/h5-8,12,15,18H,3-4,9-11H2,1-2H3,(H,20,22)(H2,19,21,23);1H. The normalized spacial score (nSPS) is 17.3. The third-order valence-electron chi connectivity index (χ3n) is 3.88. The van der Waals surface area contributed by atoms with E-state index in [0.29, 0.717) is 24.5 Å². The van der Waals surface area contributed by atoms with E-state index in [1.54, 1.807) is 24.3 Å². The molecular weight excluding hydrogens is 344 g/mol. The molecule has 0 aromatic heterocycles. The average molecular weight is 371 g/mol. The average Bonchev–Trinajstić information content (AvgIpc) is 3.08. The summed E-state index contributed by atoms with van der Waals surface area (Å²) in [4.78, 5) is 23.8. The van der Waals surface area contributed by atoms with E-state index in [1.807, 2.05) is 14.0 Å². The van der Waals surface area contributed by atoms with E-state index in [9.17, 15) is 9.59 Å². The number of ether oxygens (including phenoxy) is 1. The van der Waals surface area contributed by atoms with Gasteiger partial charge in [0.25, 0.3) is 0 Å². The van der Waals surface area contributed by atoms with Crippen molar-refractivity contribution in [2.45, 2.75) is 25.9 Å². The van der Waals surface area contributed by atoms with Crippen molar-refractivity contribution in [3.63, 3.8) is 0 Å². The molecule has 1 fully saturated rings. The fourth-order valence-electron chi connectivity index (χ4n) is 2.49. The molecule has 4 N–H and O–H groups in total. The summed E-state index contributed by atoms with van der Waals surface area (Å²) in [5, 5.41) is 11.4. The summed E-state index contributed by atoms with van der Waals surface area (Å²) >= 11 is 0. The number of hydrogen-bond donors (Lipinski definition) is 4. The molecule has 1 aliphatic rings. The third kappa shape index (κ3) is 7.29. The Morgan fingerprint density at radius 2 is 1.84 bits per heavy atom. The SMILES string of the molecule is CNCC(C)C(=O)Nc1ccc(NC(=O)NCC2CCCO2)cc1.Cl. The first-order valence-electron chi connectivity index (χ1n) is 8.30. The highest BCUT2D eigenvalue weighted by atomic mass is 35.5. The summed E-state index contributed by atoms with van der Waals surface area (Å²) in [6.07, 6.45) is 2.15. The number of carbonyl (C=O) groups excluding carboxylic acids is 2. The van der Waals surface area contributed by atoms with Gasteiger partial charge in [0, 0.05) is 37.0 Å². The molecule has 0 bridgehead atoms. The van der Waals surface area contributed by atoms with Crippen LogP contribution in [0.15, 0.2) is 24.3 Å². The zero-order valence-corrected chi connectivity index (χ0v) is 15.4. The van der Waals surface area contributed by atoms with Gasteiger partial charge in [-0.1, -0.05) is 6.92 Å². The van der Waals surface area contributed by atoms with Gasteiger partial charge in [-0.25, -0.2) is 4.79 Å². The number of urea groups is 1. The highest BCUT2D eigenvalue weighted by molar-refractivity contribution is 5.93. The second kappa shape index (κ2) is 10.9. The van der Waals surface area contributed by atoms with Crippen molar-refractivity contribution in [2.24, 2.45) is 5.92 Å². The fraction of sp³-hybridized carbons (Fsp3) is 0.529. The first-order chi connectivity index (χ1) is 11.6. The van der Waals surface area contributed by atoms with Crippen LogP contribution in [-0.4, -0.2) is 44.8 Å². The number of benzene rings is 1. The zero-order chi connectivity index (χ0) is 17.4. The number of amides is 3. The van der Waals surface area contributed by atoms with Crippen molar-refractivity contribution in [3.8, 4) is 0 Å². The smallest absolute Gasteiger partial charge is 0.319 e. The van der Waals surface area contributed by atoms with Gasteiger partial charge in [-0.3, -0.25) is 4.79 Å². The van der Waals surface area contributed by atoms with Gasteiger partial charge in [-0.05, 0) is 44.2 Å². The fourth-order valence-corrected chi connectivity index (χ4v) is 2.49. The molecule has 2 unspecified atom stereocenters. The predicted octanol–water partition coefficient (Wildman–Crippen LogP) is 2.20. The molecule has 8 heteroatoms. The molecule has 2 atom stereocenters. The van der Waals surface area contributed by atoms with Crippen molar-refractivity contribution < 1.29 is 14.3 Å². The van der Waals surface area contributed by atoms with E-state index < -0.39 is 0 Å². The molecule has 1 aromatic rings. The van der Waals surface area contributed by atoms with Crippen molar-refractivity contribution in [2.75, 3.05) is 37.4 Å². The zero-order valence-electron chi connectivity index (χ0n) is 14.6. The molecule has 1 saturated heterocycles. The van der Waals surface area contributed by atoms with Crippen molar-refractivity contribution in [1.29, 1.82) is 0 Å². The summed E-state index contributed by atoms with van der Waals surface area (Å²) in [6, 6.07) is 6.78. The summed E-state index contributed by atoms with van der Waals surface area (Å²) in [5.74, 6) is -0.157. The minimum absolute atomic E-state index is 0. The Kier molecular flexibility index (Phi) is 9.26. The molecule has 25 heavy (non-hydrogen) atoms.